The van der Waals surface area contributed by atoms with E-state index in [1.165, 1.54) is 37.8 Å². The Bertz CT molecular complexity index is 1080. The monoisotopic (exact) mass is 525 g/mol. The summed E-state index contributed by atoms with van der Waals surface area (Å²) in [7, 11) is 0. The molecule has 3 aromatic rings. The van der Waals surface area contributed by atoms with E-state index in [1.54, 1.807) is 18.3 Å². The van der Waals surface area contributed by atoms with Gasteiger partial charge in [-0.25, -0.2) is 4.39 Å². The highest BCUT2D eigenvalue weighted by Gasteiger charge is 2.22. The molecule has 2 aromatic heterocycles. The molecule has 4 rings (SSSR count). The van der Waals surface area contributed by atoms with Gasteiger partial charge in [-0.1, -0.05) is 65.5 Å². The third-order valence-electron chi connectivity index (χ3n) is 7.16. The van der Waals surface area contributed by atoms with Crippen LogP contribution in [0.1, 0.15) is 126 Å². The van der Waals surface area contributed by atoms with Crippen LogP contribution in [0.15, 0.2) is 41.1 Å². The number of nitrogens with one attached hydrogen (secondary N) is 1. The number of aryl methyl sites for hydroxylation is 1. The number of fused-ring (bicyclic) bond motifs is 1. The van der Waals surface area contributed by atoms with Crippen LogP contribution in [0, 0.1) is 18.7 Å². The molecule has 0 atom stereocenters. The molecule has 1 N–H and O–H groups in total. The summed E-state index contributed by atoms with van der Waals surface area (Å²) >= 11 is 0. The molecular weight excluding hydrogens is 477 g/mol. The summed E-state index contributed by atoms with van der Waals surface area (Å²) in [4.78, 5) is 16.3. The molecule has 1 aliphatic carbocycles. The Morgan fingerprint density at radius 3 is 2.32 bits per heavy atom. The Hall–Kier alpha value is -2.76. The maximum Gasteiger partial charge on any atom is 0.251 e. The third-order valence-corrected chi connectivity index (χ3v) is 7.16. The molecule has 0 aliphatic heterocycles. The first-order valence-corrected chi connectivity index (χ1v) is 14.7. The average molecular weight is 526 g/mol. The summed E-state index contributed by atoms with van der Waals surface area (Å²) in [6, 6.07) is 8.63. The van der Waals surface area contributed by atoms with Crippen molar-refractivity contribution in [1.29, 1.82) is 0 Å². The first-order chi connectivity index (χ1) is 18.4. The van der Waals surface area contributed by atoms with Crippen molar-refractivity contribution in [1.82, 2.24) is 15.5 Å². The fourth-order valence-corrected chi connectivity index (χ4v) is 5.30. The van der Waals surface area contributed by atoms with Crippen LogP contribution < -0.4 is 5.32 Å². The van der Waals surface area contributed by atoms with Crippen LogP contribution in [-0.2, 0) is 0 Å². The van der Waals surface area contributed by atoms with Gasteiger partial charge >= 0.3 is 0 Å². The van der Waals surface area contributed by atoms with Crippen molar-refractivity contribution in [2.75, 3.05) is 0 Å². The number of hydrogen-bond donors (Lipinski definition) is 1. The summed E-state index contributed by atoms with van der Waals surface area (Å²) in [5, 5.41) is 8.25. The molecule has 1 saturated carbocycles. The van der Waals surface area contributed by atoms with Crippen LogP contribution >= 0.6 is 0 Å². The van der Waals surface area contributed by atoms with Crippen LogP contribution in [0.4, 0.5) is 4.39 Å². The quantitative estimate of drug-likeness (QED) is 0.302. The van der Waals surface area contributed by atoms with Gasteiger partial charge in [-0.2, -0.15) is 0 Å². The van der Waals surface area contributed by atoms with Gasteiger partial charge in [-0.05, 0) is 75.6 Å². The SMILES string of the molecule is CC.CCCC(CCC)c1noc2cc(F)ccc12.CCCC1CCC(NC(=O)c2ccnc(C)c2)CC1. The molecule has 38 heavy (non-hydrogen) atoms. The van der Waals surface area contributed by atoms with Gasteiger partial charge in [-0.3, -0.25) is 9.78 Å². The van der Waals surface area contributed by atoms with E-state index in [0.717, 1.165) is 66.8 Å². The second kappa shape index (κ2) is 17.0. The molecule has 2 heterocycles. The first kappa shape index (κ1) is 31.5. The zero-order chi connectivity index (χ0) is 27.9. The first-order valence-electron chi connectivity index (χ1n) is 14.7. The number of rotatable bonds is 9. The second-order valence-corrected chi connectivity index (χ2v) is 10.1. The molecule has 0 bridgehead atoms. The van der Waals surface area contributed by atoms with Crippen molar-refractivity contribution in [3.63, 3.8) is 0 Å². The predicted molar refractivity (Wildman–Crippen MR) is 155 cm³/mol. The smallest absolute Gasteiger partial charge is 0.251 e. The highest BCUT2D eigenvalue weighted by Crippen LogP contribution is 2.32. The highest BCUT2D eigenvalue weighted by atomic mass is 19.1. The van der Waals surface area contributed by atoms with E-state index in [2.05, 4.69) is 36.2 Å². The van der Waals surface area contributed by atoms with E-state index in [-0.39, 0.29) is 11.7 Å². The lowest BCUT2D eigenvalue weighted by Gasteiger charge is -2.29. The summed E-state index contributed by atoms with van der Waals surface area (Å²) in [5.74, 6) is 1.07. The number of carbonyl (C=O) groups excluding carboxylic acids is 1. The lowest BCUT2D eigenvalue weighted by molar-refractivity contribution is 0.0921. The number of nitrogens with zero attached hydrogens (tertiary/aromatic N) is 2. The Morgan fingerprint density at radius 1 is 1.03 bits per heavy atom. The maximum atomic E-state index is 13.1. The summed E-state index contributed by atoms with van der Waals surface area (Å²) < 4.78 is 18.3. The minimum Gasteiger partial charge on any atom is -0.356 e. The average Bonchev–Trinajstić information content (AvgIpc) is 3.34. The number of benzene rings is 1. The number of halogens is 1. The van der Waals surface area contributed by atoms with E-state index in [4.69, 9.17) is 4.52 Å². The normalized spacial score (nSPS) is 16.8. The summed E-state index contributed by atoms with van der Waals surface area (Å²) in [5.41, 5.74) is 3.16. The molecule has 0 spiro atoms. The van der Waals surface area contributed by atoms with E-state index in [0.29, 0.717) is 17.5 Å². The molecule has 1 amide bonds. The largest absolute Gasteiger partial charge is 0.356 e. The van der Waals surface area contributed by atoms with Crippen molar-refractivity contribution in [3.05, 3.63) is 59.3 Å². The van der Waals surface area contributed by atoms with Crippen molar-refractivity contribution in [2.24, 2.45) is 5.92 Å². The van der Waals surface area contributed by atoms with E-state index >= 15 is 0 Å². The van der Waals surface area contributed by atoms with Gasteiger partial charge in [0.05, 0.1) is 5.69 Å². The van der Waals surface area contributed by atoms with Crippen molar-refractivity contribution < 1.29 is 13.7 Å². The third kappa shape index (κ3) is 9.52. The van der Waals surface area contributed by atoms with Gasteiger partial charge in [0.25, 0.3) is 5.91 Å². The van der Waals surface area contributed by atoms with Crippen molar-refractivity contribution in [2.45, 2.75) is 118 Å². The minimum absolute atomic E-state index is 0.0458. The van der Waals surface area contributed by atoms with E-state index < -0.39 is 0 Å². The van der Waals surface area contributed by atoms with Gasteiger partial charge in [0.15, 0.2) is 5.58 Å². The molecule has 6 heteroatoms. The zero-order valence-electron chi connectivity index (χ0n) is 24.4. The standard InChI is InChI=1S/C16H24N2O.C14H18FNO.C2H6/c1-3-4-13-5-7-15(8-6-13)18-16(19)14-9-10-17-12(2)11-14;1-3-5-10(6-4-2)14-12-8-7-11(15)9-13(12)17-16-14;1-2/h9-11,13,15H,3-8H2,1-2H3,(H,18,19);7-10H,3-6H2,1-2H3;1-2H3. The summed E-state index contributed by atoms with van der Waals surface area (Å²) in [6.45, 7) is 12.5. The lowest BCUT2D eigenvalue weighted by atomic mass is 9.83. The molecule has 210 valence electrons. The predicted octanol–water partition coefficient (Wildman–Crippen LogP) is 9.16. The van der Waals surface area contributed by atoms with Gasteiger partial charge in [0, 0.05) is 40.9 Å². The molecule has 5 nitrogen and oxygen atoms in total. The lowest BCUT2D eigenvalue weighted by Crippen LogP contribution is -2.37. The molecule has 1 fully saturated rings. The Balaban J connectivity index is 0.000000252. The van der Waals surface area contributed by atoms with Gasteiger partial charge in [0.2, 0.25) is 0 Å². The molecule has 1 aliphatic rings. The fourth-order valence-electron chi connectivity index (χ4n) is 5.30. The zero-order valence-corrected chi connectivity index (χ0v) is 24.4. The molecule has 0 radical (unpaired) electrons. The number of carbonyl (C=O) groups is 1. The van der Waals surface area contributed by atoms with Crippen molar-refractivity contribution in [3.8, 4) is 0 Å². The number of pyridine rings is 1. The maximum absolute atomic E-state index is 13.1. The van der Waals surface area contributed by atoms with Crippen LogP contribution in [0.25, 0.3) is 11.0 Å². The van der Waals surface area contributed by atoms with Crippen LogP contribution in [-0.4, -0.2) is 22.1 Å². The number of hydrogen-bond acceptors (Lipinski definition) is 4. The molecule has 0 unspecified atom stereocenters. The Morgan fingerprint density at radius 2 is 1.71 bits per heavy atom. The summed E-state index contributed by atoms with van der Waals surface area (Å²) in [6.07, 6.45) is 13.5. The van der Waals surface area contributed by atoms with Gasteiger partial charge in [0.1, 0.15) is 5.82 Å². The fraction of sp³-hybridized carbons (Fsp3) is 0.594. The molecule has 0 saturated heterocycles. The molecule has 1 aromatic carbocycles. The van der Waals surface area contributed by atoms with Crippen LogP contribution in [0.5, 0.6) is 0 Å². The van der Waals surface area contributed by atoms with E-state index in [9.17, 15) is 9.18 Å². The number of aromatic nitrogens is 2. The van der Waals surface area contributed by atoms with Crippen LogP contribution in [0.2, 0.25) is 0 Å². The Kier molecular flexibility index (Phi) is 14.0. The van der Waals surface area contributed by atoms with Crippen LogP contribution in [0.3, 0.4) is 0 Å². The second-order valence-electron chi connectivity index (χ2n) is 10.1. The van der Waals surface area contributed by atoms with Gasteiger partial charge < -0.3 is 9.84 Å². The highest BCUT2D eigenvalue weighted by molar-refractivity contribution is 5.94. The topological polar surface area (TPSA) is 68.0 Å². The van der Waals surface area contributed by atoms with Gasteiger partial charge in [-0.15, -0.1) is 0 Å². The van der Waals surface area contributed by atoms with E-state index in [1.807, 2.05) is 26.8 Å². The minimum atomic E-state index is -0.275. The number of amides is 1. The Labute approximate surface area is 229 Å². The molecular formula is C32H48FN3O2. The van der Waals surface area contributed by atoms with Crippen molar-refractivity contribution >= 4 is 16.9 Å².